The molecule has 0 amide bonds. The number of anilines is 2. The van der Waals surface area contributed by atoms with Gasteiger partial charge in [0.15, 0.2) is 0 Å². The highest BCUT2D eigenvalue weighted by Gasteiger charge is 2.06. The molecule has 150 valence electrons. The summed E-state index contributed by atoms with van der Waals surface area (Å²) in [6.45, 7) is 0.544. The molecule has 3 aromatic carbocycles. The summed E-state index contributed by atoms with van der Waals surface area (Å²) in [5.41, 5.74) is 3.96. The number of nitrogens with zero attached hydrogens (tertiary/aromatic N) is 3. The van der Waals surface area contributed by atoms with Crippen LogP contribution in [-0.4, -0.2) is 15.0 Å². The van der Waals surface area contributed by atoms with Crippen LogP contribution in [-0.2, 0) is 6.61 Å². The second kappa shape index (κ2) is 8.63. The van der Waals surface area contributed by atoms with E-state index in [1.54, 1.807) is 12.5 Å². The molecule has 0 spiro atoms. The minimum atomic E-state index is 0.544. The molecule has 0 unspecified atom stereocenters. The quantitative estimate of drug-likeness (QED) is 0.375. The highest BCUT2D eigenvalue weighted by molar-refractivity contribution is 5.94. The lowest BCUT2D eigenvalue weighted by Gasteiger charge is -2.10. The molecule has 31 heavy (non-hydrogen) atoms. The second-order valence-corrected chi connectivity index (χ2v) is 7.11. The normalized spacial score (nSPS) is 10.7. The summed E-state index contributed by atoms with van der Waals surface area (Å²) in [5.74, 6) is 1.56. The molecular formula is C26H20N4O. The van der Waals surface area contributed by atoms with Crippen LogP contribution in [0.5, 0.6) is 5.75 Å². The van der Waals surface area contributed by atoms with E-state index in [9.17, 15) is 0 Å². The van der Waals surface area contributed by atoms with Crippen molar-refractivity contribution in [3.05, 3.63) is 109 Å². The smallest absolute Gasteiger partial charge is 0.134 e. The molecule has 1 N–H and O–H groups in total. The number of hydrogen-bond donors (Lipinski definition) is 1. The van der Waals surface area contributed by atoms with E-state index in [4.69, 9.17) is 4.74 Å². The molecule has 0 aliphatic carbocycles. The first-order chi connectivity index (χ1) is 15.3. The third kappa shape index (κ3) is 4.36. The molecule has 5 nitrogen and oxygen atoms in total. The molecule has 0 atom stereocenters. The summed E-state index contributed by atoms with van der Waals surface area (Å²) in [4.78, 5) is 13.0. The van der Waals surface area contributed by atoms with Crippen molar-refractivity contribution in [2.75, 3.05) is 5.32 Å². The maximum absolute atomic E-state index is 5.88. The van der Waals surface area contributed by atoms with Gasteiger partial charge in [0.25, 0.3) is 0 Å². The molecule has 5 heteroatoms. The second-order valence-electron chi connectivity index (χ2n) is 7.11. The first-order valence-corrected chi connectivity index (χ1v) is 10.0. The van der Waals surface area contributed by atoms with E-state index in [2.05, 4.69) is 32.4 Å². The van der Waals surface area contributed by atoms with Crippen molar-refractivity contribution in [2.24, 2.45) is 0 Å². The van der Waals surface area contributed by atoms with Gasteiger partial charge in [-0.3, -0.25) is 4.98 Å². The number of fused-ring (bicyclic) bond motifs is 1. The van der Waals surface area contributed by atoms with Crippen molar-refractivity contribution in [1.29, 1.82) is 0 Å². The highest BCUT2D eigenvalue weighted by atomic mass is 16.5. The molecule has 0 aliphatic heterocycles. The maximum atomic E-state index is 5.88. The summed E-state index contributed by atoms with van der Waals surface area (Å²) in [6.07, 6.45) is 5.22. The minimum Gasteiger partial charge on any atom is -0.489 e. The van der Waals surface area contributed by atoms with Crippen molar-refractivity contribution in [2.45, 2.75) is 6.61 Å². The molecule has 0 saturated heterocycles. The van der Waals surface area contributed by atoms with Crippen LogP contribution in [0.2, 0.25) is 0 Å². The SMILES string of the molecule is c1ccc(COc2ccc(-c3cc(Nc4cccc5cnccc45)ncn3)cc2)cc1. The van der Waals surface area contributed by atoms with Crippen LogP contribution in [0.3, 0.4) is 0 Å². The van der Waals surface area contributed by atoms with Gasteiger partial charge >= 0.3 is 0 Å². The predicted octanol–water partition coefficient (Wildman–Crippen LogP) is 6.01. The van der Waals surface area contributed by atoms with Gasteiger partial charge in [-0.1, -0.05) is 42.5 Å². The number of nitrogens with one attached hydrogen (secondary N) is 1. The fourth-order valence-corrected chi connectivity index (χ4v) is 3.42. The molecule has 0 bridgehead atoms. The Bertz CT molecular complexity index is 1300. The van der Waals surface area contributed by atoms with E-state index >= 15 is 0 Å². The van der Waals surface area contributed by atoms with E-state index in [1.807, 2.05) is 79.0 Å². The number of rotatable bonds is 6. The summed E-state index contributed by atoms with van der Waals surface area (Å²) in [5, 5.41) is 5.58. The third-order valence-electron chi connectivity index (χ3n) is 5.01. The van der Waals surface area contributed by atoms with Gasteiger partial charge in [0.2, 0.25) is 0 Å². The molecule has 5 aromatic rings. The van der Waals surface area contributed by atoms with Gasteiger partial charge in [-0.05, 0) is 42.0 Å². The average molecular weight is 404 g/mol. The largest absolute Gasteiger partial charge is 0.489 e. The Balaban J connectivity index is 1.33. The summed E-state index contributed by atoms with van der Waals surface area (Å²) in [7, 11) is 0. The van der Waals surface area contributed by atoms with Gasteiger partial charge in [0, 0.05) is 40.5 Å². The first kappa shape index (κ1) is 18.8. The zero-order chi connectivity index (χ0) is 20.9. The lowest BCUT2D eigenvalue weighted by atomic mass is 10.1. The molecule has 0 fully saturated rings. The zero-order valence-electron chi connectivity index (χ0n) is 16.8. The van der Waals surface area contributed by atoms with Crippen LogP contribution in [0.15, 0.2) is 104 Å². The van der Waals surface area contributed by atoms with Crippen molar-refractivity contribution >= 4 is 22.3 Å². The van der Waals surface area contributed by atoms with Gasteiger partial charge in [-0.2, -0.15) is 0 Å². The van der Waals surface area contributed by atoms with Crippen LogP contribution < -0.4 is 10.1 Å². The predicted molar refractivity (Wildman–Crippen MR) is 123 cm³/mol. The van der Waals surface area contributed by atoms with Gasteiger partial charge in [-0.15, -0.1) is 0 Å². The van der Waals surface area contributed by atoms with Crippen molar-refractivity contribution in [3.8, 4) is 17.0 Å². The molecule has 0 saturated carbocycles. The number of hydrogen-bond acceptors (Lipinski definition) is 5. The van der Waals surface area contributed by atoms with Crippen LogP contribution >= 0.6 is 0 Å². The summed E-state index contributed by atoms with van der Waals surface area (Å²) < 4.78 is 5.88. The lowest BCUT2D eigenvalue weighted by molar-refractivity contribution is 0.306. The van der Waals surface area contributed by atoms with Crippen molar-refractivity contribution in [3.63, 3.8) is 0 Å². The van der Waals surface area contributed by atoms with Crippen LogP contribution in [0.1, 0.15) is 5.56 Å². The van der Waals surface area contributed by atoms with Gasteiger partial charge < -0.3 is 10.1 Å². The van der Waals surface area contributed by atoms with Crippen LogP contribution in [0, 0.1) is 0 Å². The number of pyridine rings is 1. The van der Waals surface area contributed by atoms with E-state index < -0.39 is 0 Å². The van der Waals surface area contributed by atoms with Crippen molar-refractivity contribution in [1.82, 2.24) is 15.0 Å². The van der Waals surface area contributed by atoms with Gasteiger partial charge in [-0.25, -0.2) is 9.97 Å². The fourth-order valence-electron chi connectivity index (χ4n) is 3.42. The Hall–Kier alpha value is -4.25. The van der Waals surface area contributed by atoms with Crippen LogP contribution in [0.25, 0.3) is 22.0 Å². The minimum absolute atomic E-state index is 0.544. The topological polar surface area (TPSA) is 59.9 Å². The summed E-state index contributed by atoms with van der Waals surface area (Å²) >= 11 is 0. The fraction of sp³-hybridized carbons (Fsp3) is 0.0385. The molecule has 5 rings (SSSR count). The Kier molecular flexibility index (Phi) is 5.22. The first-order valence-electron chi connectivity index (χ1n) is 10.0. The van der Waals surface area contributed by atoms with E-state index in [1.165, 1.54) is 0 Å². The average Bonchev–Trinajstić information content (AvgIpc) is 2.84. The monoisotopic (exact) mass is 404 g/mol. The Morgan fingerprint density at radius 2 is 1.68 bits per heavy atom. The van der Waals surface area contributed by atoms with Crippen LogP contribution in [0.4, 0.5) is 11.5 Å². The van der Waals surface area contributed by atoms with Gasteiger partial charge in [0.1, 0.15) is 24.5 Å². The van der Waals surface area contributed by atoms with Crippen molar-refractivity contribution < 1.29 is 4.74 Å². The maximum Gasteiger partial charge on any atom is 0.134 e. The molecule has 2 heterocycles. The third-order valence-corrected chi connectivity index (χ3v) is 5.01. The van der Waals surface area contributed by atoms with E-state index in [-0.39, 0.29) is 0 Å². The van der Waals surface area contributed by atoms with E-state index in [0.29, 0.717) is 6.61 Å². The zero-order valence-corrected chi connectivity index (χ0v) is 16.8. The number of ether oxygens (including phenoxy) is 1. The number of benzene rings is 3. The Morgan fingerprint density at radius 3 is 2.55 bits per heavy atom. The lowest BCUT2D eigenvalue weighted by Crippen LogP contribution is -1.97. The molecule has 0 aliphatic rings. The van der Waals surface area contributed by atoms with E-state index in [0.717, 1.165) is 44.8 Å². The van der Waals surface area contributed by atoms with Gasteiger partial charge in [0.05, 0.1) is 5.69 Å². The standard InChI is InChI=1S/C26H20N4O/c1-2-5-19(6-3-1)17-31-22-11-9-20(10-12-22)25-15-26(29-18-28-25)30-24-8-4-7-21-16-27-14-13-23(21)24/h1-16,18H,17H2,(H,28,29,30). The molecular weight excluding hydrogens is 384 g/mol. The molecule has 0 radical (unpaired) electrons. The molecule has 2 aromatic heterocycles. The number of aromatic nitrogens is 3. The Morgan fingerprint density at radius 1 is 0.806 bits per heavy atom. The Labute approximate surface area is 180 Å². The summed E-state index contributed by atoms with van der Waals surface area (Å²) in [6, 6.07) is 28.1. The highest BCUT2D eigenvalue weighted by Crippen LogP contribution is 2.27.